The first-order valence-electron chi connectivity index (χ1n) is 11.5. The number of nitrogens with zero attached hydrogens (tertiary/aromatic N) is 4. The second-order valence-corrected chi connectivity index (χ2v) is 8.91. The lowest BCUT2D eigenvalue weighted by Gasteiger charge is -2.10. The monoisotopic (exact) mass is 478 g/mol. The zero-order valence-electron chi connectivity index (χ0n) is 20.3. The molecule has 0 atom stereocenters. The van der Waals surface area contributed by atoms with Crippen LogP contribution in [0.15, 0.2) is 79.3 Å². The molecule has 0 fully saturated rings. The van der Waals surface area contributed by atoms with Crippen LogP contribution in [0.1, 0.15) is 21.6 Å². The van der Waals surface area contributed by atoms with Crippen molar-refractivity contribution in [2.75, 3.05) is 19.4 Å². The van der Waals surface area contributed by atoms with Gasteiger partial charge in [0.05, 0.1) is 17.4 Å². The average molecular weight is 479 g/mol. The van der Waals surface area contributed by atoms with E-state index in [0.29, 0.717) is 23.0 Å². The number of aromatic nitrogens is 4. The van der Waals surface area contributed by atoms with Gasteiger partial charge in [0.2, 0.25) is 5.88 Å². The number of aromatic amines is 1. The summed E-state index contributed by atoms with van der Waals surface area (Å²) in [5, 5.41) is 10.8. The standard InChI is InChI=1S/C28H26N6O2/c1-18-5-4-6-23(11-18)36-26-10-8-22(16-30-26)31-28(35)27-24-13-20(7-9-25(24)32-33-27)21-12-19(14-29-15-21)17-34(2)3/h4-16H,17H2,1-3H3,(H,31,35)(H,32,33). The predicted octanol–water partition coefficient (Wildman–Crippen LogP) is 5.43. The molecule has 0 radical (unpaired) electrons. The van der Waals surface area contributed by atoms with E-state index in [9.17, 15) is 4.79 Å². The highest BCUT2D eigenvalue weighted by Gasteiger charge is 2.16. The van der Waals surface area contributed by atoms with Gasteiger partial charge >= 0.3 is 0 Å². The van der Waals surface area contributed by atoms with Gasteiger partial charge in [0.25, 0.3) is 5.91 Å². The molecule has 0 bridgehead atoms. The summed E-state index contributed by atoms with van der Waals surface area (Å²) < 4.78 is 5.78. The number of hydrogen-bond donors (Lipinski definition) is 2. The van der Waals surface area contributed by atoms with Crippen LogP contribution in [-0.2, 0) is 6.54 Å². The SMILES string of the molecule is Cc1cccc(Oc2ccc(NC(=O)c3n[nH]c4ccc(-c5cncc(CN(C)C)c5)cc34)cn2)c1. The number of ether oxygens (including phenoxy) is 1. The topological polar surface area (TPSA) is 96.0 Å². The maximum atomic E-state index is 13.1. The van der Waals surface area contributed by atoms with Gasteiger partial charge in [-0.15, -0.1) is 0 Å². The normalized spacial score (nSPS) is 11.1. The summed E-state index contributed by atoms with van der Waals surface area (Å²) in [4.78, 5) is 23.8. The Balaban J connectivity index is 1.34. The summed E-state index contributed by atoms with van der Waals surface area (Å²) in [6.45, 7) is 2.80. The fraction of sp³-hybridized carbons (Fsp3) is 0.143. The maximum Gasteiger partial charge on any atom is 0.276 e. The Bertz CT molecular complexity index is 1530. The Morgan fingerprint density at radius 3 is 2.67 bits per heavy atom. The van der Waals surface area contributed by atoms with Crippen molar-refractivity contribution in [3.63, 3.8) is 0 Å². The molecule has 180 valence electrons. The summed E-state index contributed by atoms with van der Waals surface area (Å²) in [5.74, 6) is 0.825. The third-order valence-corrected chi connectivity index (χ3v) is 5.61. The minimum atomic E-state index is -0.327. The van der Waals surface area contributed by atoms with Gasteiger partial charge in [0.1, 0.15) is 5.75 Å². The molecule has 0 saturated carbocycles. The van der Waals surface area contributed by atoms with Gasteiger partial charge in [-0.3, -0.25) is 14.9 Å². The highest BCUT2D eigenvalue weighted by molar-refractivity contribution is 6.11. The van der Waals surface area contributed by atoms with Crippen molar-refractivity contribution in [1.29, 1.82) is 0 Å². The number of fused-ring (bicyclic) bond motifs is 1. The van der Waals surface area contributed by atoms with E-state index in [2.05, 4.69) is 36.4 Å². The summed E-state index contributed by atoms with van der Waals surface area (Å²) in [7, 11) is 4.05. The Kier molecular flexibility index (Phi) is 6.42. The van der Waals surface area contributed by atoms with Crippen molar-refractivity contribution in [3.05, 3.63) is 96.1 Å². The molecular weight excluding hydrogens is 452 g/mol. The van der Waals surface area contributed by atoms with E-state index < -0.39 is 0 Å². The first-order valence-corrected chi connectivity index (χ1v) is 11.5. The van der Waals surface area contributed by atoms with E-state index in [1.165, 1.54) is 0 Å². The molecule has 0 aliphatic heterocycles. The number of anilines is 1. The van der Waals surface area contributed by atoms with Crippen LogP contribution in [0.4, 0.5) is 5.69 Å². The molecule has 5 rings (SSSR count). The maximum absolute atomic E-state index is 13.1. The lowest BCUT2D eigenvalue weighted by Crippen LogP contribution is -2.13. The average Bonchev–Trinajstić information content (AvgIpc) is 3.29. The number of H-pyrrole nitrogens is 1. The second kappa shape index (κ2) is 9.97. The number of pyridine rings is 2. The molecule has 36 heavy (non-hydrogen) atoms. The van der Waals surface area contributed by atoms with Crippen LogP contribution in [0.2, 0.25) is 0 Å². The molecule has 8 heteroatoms. The molecule has 0 aliphatic carbocycles. The number of carbonyl (C=O) groups excluding carboxylic acids is 1. The second-order valence-electron chi connectivity index (χ2n) is 8.91. The fourth-order valence-electron chi connectivity index (χ4n) is 3.97. The van der Waals surface area contributed by atoms with Crippen LogP contribution in [-0.4, -0.2) is 45.1 Å². The Morgan fingerprint density at radius 1 is 1.00 bits per heavy atom. The van der Waals surface area contributed by atoms with E-state index in [1.807, 2.05) is 75.9 Å². The van der Waals surface area contributed by atoms with Crippen LogP contribution >= 0.6 is 0 Å². The van der Waals surface area contributed by atoms with Crippen LogP contribution in [0.25, 0.3) is 22.0 Å². The fourth-order valence-corrected chi connectivity index (χ4v) is 3.97. The van der Waals surface area contributed by atoms with E-state index >= 15 is 0 Å². The van der Waals surface area contributed by atoms with E-state index in [4.69, 9.17) is 4.74 Å². The molecule has 3 aromatic heterocycles. The third-order valence-electron chi connectivity index (χ3n) is 5.61. The lowest BCUT2D eigenvalue weighted by atomic mass is 10.0. The zero-order valence-corrected chi connectivity index (χ0v) is 20.3. The van der Waals surface area contributed by atoms with Gasteiger partial charge < -0.3 is 15.0 Å². The lowest BCUT2D eigenvalue weighted by molar-refractivity contribution is 0.102. The summed E-state index contributed by atoms with van der Waals surface area (Å²) in [6, 6.07) is 19.2. The van der Waals surface area contributed by atoms with Crippen LogP contribution in [0.3, 0.4) is 0 Å². The van der Waals surface area contributed by atoms with Crippen molar-refractivity contribution in [2.45, 2.75) is 13.5 Å². The van der Waals surface area contributed by atoms with Gasteiger partial charge in [-0.1, -0.05) is 18.2 Å². The van der Waals surface area contributed by atoms with Crippen molar-refractivity contribution >= 4 is 22.5 Å². The van der Waals surface area contributed by atoms with Gasteiger partial charge in [0.15, 0.2) is 5.69 Å². The Morgan fingerprint density at radius 2 is 1.89 bits per heavy atom. The number of aryl methyl sites for hydroxylation is 1. The number of nitrogens with one attached hydrogen (secondary N) is 2. The first-order chi connectivity index (χ1) is 17.4. The number of rotatable bonds is 7. The van der Waals surface area contributed by atoms with Crippen molar-refractivity contribution in [2.24, 2.45) is 0 Å². The summed E-state index contributed by atoms with van der Waals surface area (Å²) in [6.07, 6.45) is 5.25. The van der Waals surface area contributed by atoms with Crippen LogP contribution < -0.4 is 10.1 Å². The van der Waals surface area contributed by atoms with Gasteiger partial charge in [0, 0.05) is 36.0 Å². The van der Waals surface area contributed by atoms with Crippen LogP contribution in [0.5, 0.6) is 11.6 Å². The number of amides is 1. The minimum Gasteiger partial charge on any atom is -0.439 e. The molecular formula is C28H26N6O2. The van der Waals surface area contributed by atoms with Gasteiger partial charge in [-0.25, -0.2) is 4.98 Å². The van der Waals surface area contributed by atoms with E-state index in [1.54, 1.807) is 18.3 Å². The smallest absolute Gasteiger partial charge is 0.276 e. The molecule has 1 amide bonds. The van der Waals surface area contributed by atoms with Gasteiger partial charge in [-0.2, -0.15) is 5.10 Å². The molecule has 3 heterocycles. The zero-order chi connectivity index (χ0) is 25.1. The number of carbonyl (C=O) groups is 1. The number of benzene rings is 2. The van der Waals surface area contributed by atoms with Crippen molar-refractivity contribution in [1.82, 2.24) is 25.1 Å². The van der Waals surface area contributed by atoms with E-state index in [0.717, 1.165) is 39.7 Å². The quantitative estimate of drug-likeness (QED) is 0.324. The molecule has 2 N–H and O–H groups in total. The molecule has 8 nitrogen and oxygen atoms in total. The molecule has 0 aliphatic rings. The van der Waals surface area contributed by atoms with Crippen molar-refractivity contribution < 1.29 is 9.53 Å². The number of hydrogen-bond acceptors (Lipinski definition) is 6. The molecule has 5 aromatic rings. The van der Waals surface area contributed by atoms with Gasteiger partial charge in [-0.05, 0) is 74.1 Å². The molecule has 0 spiro atoms. The Labute approximate surface area is 209 Å². The van der Waals surface area contributed by atoms with Crippen molar-refractivity contribution in [3.8, 4) is 22.8 Å². The van der Waals surface area contributed by atoms with E-state index in [-0.39, 0.29) is 5.91 Å². The largest absolute Gasteiger partial charge is 0.439 e. The molecule has 2 aromatic carbocycles. The molecule has 0 unspecified atom stereocenters. The highest BCUT2D eigenvalue weighted by atomic mass is 16.5. The Hall–Kier alpha value is -4.56. The first kappa shape index (κ1) is 23.2. The minimum absolute atomic E-state index is 0.310. The van der Waals surface area contributed by atoms with Crippen LogP contribution in [0, 0.1) is 6.92 Å². The summed E-state index contributed by atoms with van der Waals surface area (Å²) in [5.41, 5.74) is 5.80. The highest BCUT2D eigenvalue weighted by Crippen LogP contribution is 2.27. The molecule has 0 saturated heterocycles. The summed E-state index contributed by atoms with van der Waals surface area (Å²) >= 11 is 0. The third kappa shape index (κ3) is 5.24. The predicted molar refractivity (Wildman–Crippen MR) is 140 cm³/mol.